The standard InChI is InChI=1S/C22H22F2N4O6/c23-17-9-14(27-12-15(11-25-13-29)34-22(27)32)10-18(24)20(17)26-5-6-28(33-8-7-26)21(31)16-3-1-2-4-19(16)30/h1-4,9-10,13,15,30H,5-8,11-12H2,(H,25,29)/t15-/m0/s1. The van der Waals surface area contributed by atoms with Gasteiger partial charge in [-0.3, -0.25) is 19.3 Å². The van der Waals surface area contributed by atoms with Crippen LogP contribution in [0.3, 0.4) is 0 Å². The number of halogens is 2. The van der Waals surface area contributed by atoms with Crippen molar-refractivity contribution in [1.29, 1.82) is 0 Å². The maximum atomic E-state index is 15.0. The Morgan fingerprint density at radius 3 is 2.62 bits per heavy atom. The second kappa shape index (κ2) is 9.91. The molecule has 0 aliphatic carbocycles. The van der Waals surface area contributed by atoms with Gasteiger partial charge in [0.05, 0.1) is 37.5 Å². The Morgan fingerprint density at radius 2 is 1.91 bits per heavy atom. The number of para-hydroxylation sites is 1. The summed E-state index contributed by atoms with van der Waals surface area (Å²) in [5, 5.41) is 13.4. The number of phenolic OH excluding ortho intramolecular Hbond substituents is 1. The van der Waals surface area contributed by atoms with E-state index in [0.29, 0.717) is 6.41 Å². The van der Waals surface area contributed by atoms with Crippen LogP contribution in [-0.4, -0.2) is 74.0 Å². The van der Waals surface area contributed by atoms with Crippen molar-refractivity contribution < 1.29 is 37.8 Å². The summed E-state index contributed by atoms with van der Waals surface area (Å²) in [7, 11) is 0. The van der Waals surface area contributed by atoms with Gasteiger partial charge in [0.2, 0.25) is 6.41 Å². The smallest absolute Gasteiger partial charge is 0.414 e. The largest absolute Gasteiger partial charge is 0.507 e. The highest BCUT2D eigenvalue weighted by atomic mass is 19.1. The summed E-state index contributed by atoms with van der Waals surface area (Å²) in [4.78, 5) is 43.2. The minimum atomic E-state index is -0.891. The van der Waals surface area contributed by atoms with Crippen molar-refractivity contribution in [2.45, 2.75) is 6.10 Å². The number of cyclic esters (lactones) is 1. The van der Waals surface area contributed by atoms with Crippen molar-refractivity contribution in [1.82, 2.24) is 10.4 Å². The fourth-order valence-electron chi connectivity index (χ4n) is 3.85. The maximum Gasteiger partial charge on any atom is 0.414 e. The van der Waals surface area contributed by atoms with Crippen molar-refractivity contribution in [3.05, 3.63) is 53.6 Å². The van der Waals surface area contributed by atoms with Crippen LogP contribution in [0.2, 0.25) is 0 Å². The highest BCUT2D eigenvalue weighted by Gasteiger charge is 2.34. The molecule has 0 spiro atoms. The van der Waals surface area contributed by atoms with Gasteiger partial charge in [-0.15, -0.1) is 0 Å². The zero-order chi connectivity index (χ0) is 24.2. The zero-order valence-electron chi connectivity index (χ0n) is 17.9. The summed E-state index contributed by atoms with van der Waals surface area (Å²) in [6.45, 7) is 0.250. The summed E-state index contributed by atoms with van der Waals surface area (Å²) in [5.41, 5.74) is -0.271. The van der Waals surface area contributed by atoms with E-state index in [1.165, 1.54) is 17.0 Å². The van der Waals surface area contributed by atoms with Crippen LogP contribution >= 0.6 is 0 Å². The van der Waals surface area contributed by atoms with Crippen LogP contribution in [-0.2, 0) is 14.4 Å². The summed E-state index contributed by atoms with van der Waals surface area (Å²) >= 11 is 0. The Morgan fingerprint density at radius 1 is 1.18 bits per heavy atom. The third kappa shape index (κ3) is 4.71. The van der Waals surface area contributed by atoms with Crippen molar-refractivity contribution in [3.63, 3.8) is 0 Å². The molecular weight excluding hydrogens is 454 g/mol. The van der Waals surface area contributed by atoms with Crippen molar-refractivity contribution in [2.24, 2.45) is 0 Å². The van der Waals surface area contributed by atoms with Gasteiger partial charge in [-0.05, 0) is 12.1 Å². The van der Waals surface area contributed by atoms with E-state index >= 15 is 8.78 Å². The lowest BCUT2D eigenvalue weighted by Crippen LogP contribution is -2.35. The average Bonchev–Trinajstić information content (AvgIpc) is 3.02. The van der Waals surface area contributed by atoms with E-state index in [0.717, 1.165) is 22.1 Å². The van der Waals surface area contributed by atoms with Gasteiger partial charge >= 0.3 is 6.09 Å². The third-order valence-corrected chi connectivity index (χ3v) is 5.47. The number of carbonyl (C=O) groups is 3. The number of hydroxylamine groups is 2. The van der Waals surface area contributed by atoms with Crippen LogP contribution < -0.4 is 15.1 Å². The first-order valence-corrected chi connectivity index (χ1v) is 10.5. The van der Waals surface area contributed by atoms with Crippen LogP contribution in [0.4, 0.5) is 25.0 Å². The molecular formula is C22H22F2N4O6. The Kier molecular flexibility index (Phi) is 6.77. The van der Waals surface area contributed by atoms with Gasteiger partial charge in [-0.25, -0.2) is 18.6 Å². The number of amides is 3. The van der Waals surface area contributed by atoms with E-state index in [1.807, 2.05) is 0 Å². The first-order chi connectivity index (χ1) is 16.4. The molecule has 2 aliphatic rings. The molecule has 2 heterocycles. The fourth-order valence-corrected chi connectivity index (χ4v) is 3.85. The first-order valence-electron chi connectivity index (χ1n) is 10.5. The lowest BCUT2D eigenvalue weighted by molar-refractivity contribution is -0.111. The second-order valence-corrected chi connectivity index (χ2v) is 7.65. The van der Waals surface area contributed by atoms with Crippen LogP contribution in [0.15, 0.2) is 36.4 Å². The van der Waals surface area contributed by atoms with Gasteiger partial charge in [0.1, 0.15) is 17.5 Å². The molecule has 180 valence electrons. The number of hydrogen-bond donors (Lipinski definition) is 2. The Hall–Kier alpha value is -3.93. The minimum Gasteiger partial charge on any atom is -0.507 e. The highest BCUT2D eigenvalue weighted by Crippen LogP contribution is 2.31. The predicted molar refractivity (Wildman–Crippen MR) is 115 cm³/mol. The zero-order valence-corrected chi connectivity index (χ0v) is 17.9. The number of phenols is 1. The molecule has 10 nitrogen and oxygen atoms in total. The van der Waals surface area contributed by atoms with Crippen molar-refractivity contribution in [3.8, 4) is 5.75 Å². The minimum absolute atomic E-state index is 0.00232. The number of aromatic hydroxyl groups is 1. The van der Waals surface area contributed by atoms with Crippen molar-refractivity contribution in [2.75, 3.05) is 49.1 Å². The summed E-state index contributed by atoms with van der Waals surface area (Å²) < 4.78 is 35.1. The first kappa shape index (κ1) is 23.2. The van der Waals surface area contributed by atoms with E-state index in [9.17, 15) is 19.5 Å². The van der Waals surface area contributed by atoms with E-state index in [1.54, 1.807) is 12.1 Å². The number of hydrogen-bond acceptors (Lipinski definition) is 7. The molecule has 0 saturated carbocycles. The quantitative estimate of drug-likeness (QED) is 0.610. The van der Waals surface area contributed by atoms with Gasteiger partial charge in [-0.1, -0.05) is 12.1 Å². The Labute approximate surface area is 193 Å². The van der Waals surface area contributed by atoms with E-state index in [2.05, 4.69) is 5.32 Å². The molecule has 2 N–H and O–H groups in total. The third-order valence-electron chi connectivity index (χ3n) is 5.47. The molecule has 0 aromatic heterocycles. The van der Waals surface area contributed by atoms with Crippen LogP contribution in [0.1, 0.15) is 10.4 Å². The Balaban J connectivity index is 1.47. The molecule has 2 fully saturated rings. The molecule has 4 rings (SSSR count). The normalized spacial score (nSPS) is 18.5. The predicted octanol–water partition coefficient (Wildman–Crippen LogP) is 1.64. The molecule has 0 bridgehead atoms. The van der Waals surface area contributed by atoms with Gasteiger partial charge in [-0.2, -0.15) is 0 Å². The molecule has 1 atom stereocenters. The molecule has 2 aromatic carbocycles. The fraction of sp³-hybridized carbons (Fsp3) is 0.318. The lowest BCUT2D eigenvalue weighted by atomic mass is 10.2. The van der Waals surface area contributed by atoms with Gasteiger partial charge in [0.15, 0.2) is 11.6 Å². The summed E-state index contributed by atoms with van der Waals surface area (Å²) in [5.74, 6) is -2.55. The SMILES string of the molecule is O=CNC[C@H]1CN(c2cc(F)c(N3CCON(C(=O)c4ccccc4O)CC3)c(F)c2)C(=O)O1. The highest BCUT2D eigenvalue weighted by molar-refractivity contribution is 5.96. The lowest BCUT2D eigenvalue weighted by Gasteiger charge is -2.24. The number of ether oxygens (including phenoxy) is 1. The van der Waals surface area contributed by atoms with Crippen LogP contribution in [0.5, 0.6) is 5.75 Å². The summed E-state index contributed by atoms with van der Waals surface area (Å²) in [6, 6.07) is 8.07. The van der Waals surface area contributed by atoms with Gasteiger partial charge in [0.25, 0.3) is 5.91 Å². The number of nitrogens with one attached hydrogen (secondary N) is 1. The van der Waals surface area contributed by atoms with Crippen LogP contribution in [0.25, 0.3) is 0 Å². The van der Waals surface area contributed by atoms with Gasteiger partial charge in [0, 0.05) is 25.2 Å². The van der Waals surface area contributed by atoms with E-state index in [4.69, 9.17) is 9.57 Å². The molecule has 2 aliphatic heterocycles. The number of rotatable bonds is 6. The molecule has 34 heavy (non-hydrogen) atoms. The molecule has 0 unspecified atom stereocenters. The number of anilines is 2. The molecule has 12 heteroatoms. The number of benzene rings is 2. The van der Waals surface area contributed by atoms with E-state index < -0.39 is 29.7 Å². The van der Waals surface area contributed by atoms with Crippen LogP contribution in [0, 0.1) is 11.6 Å². The molecule has 0 radical (unpaired) electrons. The monoisotopic (exact) mass is 476 g/mol. The Bertz CT molecular complexity index is 1080. The summed E-state index contributed by atoms with van der Waals surface area (Å²) in [6.07, 6.45) is -0.947. The molecule has 2 aromatic rings. The van der Waals surface area contributed by atoms with Gasteiger partial charge < -0.3 is 20.1 Å². The second-order valence-electron chi connectivity index (χ2n) is 7.65. The number of carbonyl (C=O) groups excluding carboxylic acids is 3. The van der Waals surface area contributed by atoms with Crippen molar-refractivity contribution >= 4 is 29.8 Å². The number of nitrogens with zero attached hydrogens (tertiary/aromatic N) is 3. The topological polar surface area (TPSA) is 112 Å². The molecule has 3 amide bonds. The maximum absolute atomic E-state index is 15.0. The molecule has 2 saturated heterocycles. The van der Waals surface area contributed by atoms with E-state index in [-0.39, 0.29) is 62.0 Å². The average molecular weight is 476 g/mol.